The van der Waals surface area contributed by atoms with Crippen molar-refractivity contribution < 1.29 is 23.9 Å². The van der Waals surface area contributed by atoms with E-state index in [0.29, 0.717) is 18.2 Å². The number of nitrogens with zero attached hydrogens (tertiary/aromatic N) is 2. The van der Waals surface area contributed by atoms with Gasteiger partial charge in [-0.3, -0.25) is 23.9 Å². The Morgan fingerprint density at radius 2 is 1.77 bits per heavy atom. The summed E-state index contributed by atoms with van der Waals surface area (Å²) in [5.41, 5.74) is 7.45. The van der Waals surface area contributed by atoms with Gasteiger partial charge in [-0.1, -0.05) is 19.1 Å². The maximum Gasteiger partial charge on any atom is 0.252 e. The van der Waals surface area contributed by atoms with Gasteiger partial charge in [-0.05, 0) is 68.2 Å². The van der Waals surface area contributed by atoms with Crippen molar-refractivity contribution in [3.8, 4) is 0 Å². The van der Waals surface area contributed by atoms with E-state index < -0.39 is 18.1 Å². The summed E-state index contributed by atoms with van der Waals surface area (Å²) in [7, 11) is 1.56. The van der Waals surface area contributed by atoms with Crippen LogP contribution in [0.25, 0.3) is 0 Å². The number of methoxy groups -OCH3 is 1. The third-order valence-corrected chi connectivity index (χ3v) is 9.28. The van der Waals surface area contributed by atoms with Crippen LogP contribution >= 0.6 is 11.9 Å². The number of amides is 4. The van der Waals surface area contributed by atoms with Crippen LogP contribution in [0.5, 0.6) is 0 Å². The zero-order valence-electron chi connectivity index (χ0n) is 22.8. The largest absolute Gasteiger partial charge is 0.378 e. The first kappa shape index (κ1) is 29.2. The first-order chi connectivity index (χ1) is 18.8. The van der Waals surface area contributed by atoms with Crippen molar-refractivity contribution >= 4 is 41.8 Å². The molecule has 0 spiro atoms. The SMILES string of the molecule is COC(C(C)C(=O)NC(Cc1ccc(N2CCC(C(N)=O)CC2)cc1)C(=O)NSC1CC1)C1CCCN1C=O. The molecule has 2 aliphatic heterocycles. The van der Waals surface area contributed by atoms with E-state index in [1.807, 2.05) is 24.3 Å². The van der Waals surface area contributed by atoms with Crippen LogP contribution in [0.1, 0.15) is 51.0 Å². The minimum atomic E-state index is -0.744. The van der Waals surface area contributed by atoms with Crippen LogP contribution < -0.4 is 20.7 Å². The number of likely N-dealkylation sites (tertiary alicyclic amines) is 1. The lowest BCUT2D eigenvalue weighted by molar-refractivity contribution is -0.136. The molecule has 0 radical (unpaired) electrons. The second-order valence-electron chi connectivity index (χ2n) is 10.9. The van der Waals surface area contributed by atoms with Crippen LogP contribution in [0.4, 0.5) is 5.69 Å². The fourth-order valence-electron chi connectivity index (χ4n) is 5.55. The molecule has 0 aromatic heterocycles. The third kappa shape index (κ3) is 7.66. The highest BCUT2D eigenvalue weighted by Crippen LogP contribution is 2.32. The number of ether oxygens (including phenoxy) is 1. The Hall–Kier alpha value is -2.79. The summed E-state index contributed by atoms with van der Waals surface area (Å²) in [6.45, 7) is 3.99. The molecular weight excluding hydrogens is 518 g/mol. The molecule has 1 saturated carbocycles. The van der Waals surface area contributed by atoms with Crippen LogP contribution in [0.2, 0.25) is 0 Å². The highest BCUT2D eigenvalue weighted by Gasteiger charge is 2.38. The molecule has 4 amide bonds. The second kappa shape index (κ2) is 13.5. The monoisotopic (exact) mass is 559 g/mol. The lowest BCUT2D eigenvalue weighted by Crippen LogP contribution is -2.52. The highest BCUT2D eigenvalue weighted by atomic mass is 32.2. The lowest BCUT2D eigenvalue weighted by atomic mass is 9.94. The smallest absolute Gasteiger partial charge is 0.252 e. The molecule has 214 valence electrons. The summed E-state index contributed by atoms with van der Waals surface area (Å²) in [6.07, 6.45) is 6.03. The van der Waals surface area contributed by atoms with Crippen LogP contribution in [0, 0.1) is 11.8 Å². The Morgan fingerprint density at radius 3 is 2.36 bits per heavy atom. The molecule has 3 aliphatic rings. The molecule has 4 rings (SSSR count). The number of hydrogen-bond acceptors (Lipinski definition) is 7. The third-order valence-electron chi connectivity index (χ3n) is 8.16. The number of carbonyl (C=O) groups excluding carboxylic acids is 4. The molecule has 1 aromatic carbocycles. The number of primary amides is 1. The number of piperidine rings is 1. The summed E-state index contributed by atoms with van der Waals surface area (Å²) in [5, 5.41) is 3.41. The zero-order chi connectivity index (χ0) is 27.9. The number of hydrogen-bond donors (Lipinski definition) is 3. The quantitative estimate of drug-likeness (QED) is 0.247. The van der Waals surface area contributed by atoms with Gasteiger partial charge in [-0.2, -0.15) is 0 Å². The van der Waals surface area contributed by atoms with Gasteiger partial charge in [0.1, 0.15) is 6.04 Å². The highest BCUT2D eigenvalue weighted by molar-refractivity contribution is 7.98. The van der Waals surface area contributed by atoms with Gasteiger partial charge in [-0.25, -0.2) is 0 Å². The Kier molecular flexibility index (Phi) is 10.1. The molecule has 1 aliphatic carbocycles. The number of carbonyl (C=O) groups is 4. The average molecular weight is 560 g/mol. The van der Waals surface area contributed by atoms with E-state index in [1.54, 1.807) is 18.9 Å². The van der Waals surface area contributed by atoms with E-state index in [-0.39, 0.29) is 29.7 Å². The topological polar surface area (TPSA) is 134 Å². The van der Waals surface area contributed by atoms with Gasteiger partial charge in [0, 0.05) is 50.0 Å². The summed E-state index contributed by atoms with van der Waals surface area (Å²) in [4.78, 5) is 53.4. The Balaban J connectivity index is 1.40. The fourth-order valence-corrected chi connectivity index (χ4v) is 6.35. The molecule has 1 aromatic rings. The van der Waals surface area contributed by atoms with Crippen molar-refractivity contribution in [2.24, 2.45) is 17.6 Å². The summed E-state index contributed by atoms with van der Waals surface area (Å²) in [6, 6.07) is 7.11. The molecule has 39 heavy (non-hydrogen) atoms. The van der Waals surface area contributed by atoms with E-state index >= 15 is 0 Å². The van der Waals surface area contributed by atoms with Crippen LogP contribution in [-0.2, 0) is 30.3 Å². The van der Waals surface area contributed by atoms with E-state index in [0.717, 1.165) is 69.3 Å². The molecule has 11 heteroatoms. The van der Waals surface area contributed by atoms with Gasteiger partial charge in [0.05, 0.1) is 18.1 Å². The standard InChI is InChI=1S/C28H41N5O5S/c1-18(25(38-2)24-4-3-13-33(24)17-34)27(36)30-23(28(37)31-39-22-9-10-22)16-19-5-7-21(8-6-19)32-14-11-20(12-15-32)26(29)35/h5-8,17-18,20,22-25H,3-4,9-16H2,1-2H3,(H2,29,35)(H,30,36)(H,31,37). The van der Waals surface area contributed by atoms with Crippen LogP contribution in [-0.4, -0.2) is 79.2 Å². The van der Waals surface area contributed by atoms with E-state index in [9.17, 15) is 19.2 Å². The number of nitrogens with two attached hydrogens (primary N) is 1. The van der Waals surface area contributed by atoms with Crippen LogP contribution in [0.15, 0.2) is 24.3 Å². The van der Waals surface area contributed by atoms with Crippen molar-refractivity contribution in [1.29, 1.82) is 0 Å². The van der Waals surface area contributed by atoms with E-state index in [1.165, 1.54) is 11.9 Å². The van der Waals surface area contributed by atoms with Gasteiger partial charge >= 0.3 is 0 Å². The second-order valence-corrected chi connectivity index (χ2v) is 12.0. The predicted octanol–water partition coefficient (Wildman–Crippen LogP) is 1.61. The molecule has 10 nitrogen and oxygen atoms in total. The van der Waals surface area contributed by atoms with Gasteiger partial charge in [-0.15, -0.1) is 0 Å². The normalized spacial score (nSPS) is 22.2. The van der Waals surface area contributed by atoms with Crippen molar-refractivity contribution in [2.45, 2.75) is 75.3 Å². The summed E-state index contributed by atoms with van der Waals surface area (Å²) in [5.74, 6) is -1.34. The predicted molar refractivity (Wildman–Crippen MR) is 151 cm³/mol. The van der Waals surface area contributed by atoms with Crippen LogP contribution in [0.3, 0.4) is 0 Å². The summed E-state index contributed by atoms with van der Waals surface area (Å²) >= 11 is 1.42. The Bertz CT molecular complexity index is 1010. The molecule has 2 saturated heterocycles. The number of rotatable bonds is 13. The van der Waals surface area contributed by atoms with Crippen molar-refractivity contribution in [3.05, 3.63) is 29.8 Å². The maximum atomic E-state index is 13.4. The molecular formula is C28H41N5O5S. The maximum absolute atomic E-state index is 13.4. The van der Waals surface area contributed by atoms with Gasteiger partial charge in [0.15, 0.2) is 0 Å². The molecule has 4 atom stereocenters. The van der Waals surface area contributed by atoms with Crippen molar-refractivity contribution in [2.75, 3.05) is 31.6 Å². The molecule has 4 N–H and O–H groups in total. The Labute approximate surface area is 234 Å². The average Bonchev–Trinajstić information content (AvgIpc) is 3.67. The van der Waals surface area contributed by atoms with E-state index in [4.69, 9.17) is 10.5 Å². The first-order valence-electron chi connectivity index (χ1n) is 13.9. The van der Waals surface area contributed by atoms with Gasteiger partial charge in [0.25, 0.3) is 5.91 Å². The molecule has 3 fully saturated rings. The zero-order valence-corrected chi connectivity index (χ0v) is 23.7. The number of anilines is 1. The lowest BCUT2D eigenvalue weighted by Gasteiger charge is -2.33. The van der Waals surface area contributed by atoms with Gasteiger partial charge < -0.3 is 25.6 Å². The first-order valence-corrected chi connectivity index (χ1v) is 14.8. The minimum Gasteiger partial charge on any atom is -0.378 e. The Morgan fingerprint density at radius 1 is 1.08 bits per heavy atom. The minimum absolute atomic E-state index is 0.0628. The number of benzene rings is 1. The molecule has 0 bridgehead atoms. The van der Waals surface area contributed by atoms with Crippen molar-refractivity contribution in [3.63, 3.8) is 0 Å². The van der Waals surface area contributed by atoms with Crippen molar-refractivity contribution in [1.82, 2.24) is 14.9 Å². The molecule has 4 unspecified atom stereocenters. The fraction of sp³-hybridized carbons (Fsp3) is 0.643. The van der Waals surface area contributed by atoms with E-state index in [2.05, 4.69) is 14.9 Å². The number of nitrogens with one attached hydrogen (secondary N) is 2. The summed E-state index contributed by atoms with van der Waals surface area (Å²) < 4.78 is 8.62. The van der Waals surface area contributed by atoms with Gasteiger partial charge in [0.2, 0.25) is 18.2 Å². The molecule has 2 heterocycles.